The predicted octanol–water partition coefficient (Wildman–Crippen LogP) is 3.19. The van der Waals surface area contributed by atoms with Crippen LogP contribution < -0.4 is 5.32 Å². The Morgan fingerprint density at radius 3 is 2.60 bits per heavy atom. The Balaban J connectivity index is 2.03. The average Bonchev–Trinajstić information content (AvgIpc) is 2.64. The van der Waals surface area contributed by atoms with Crippen molar-refractivity contribution in [2.45, 2.75) is 33.2 Å². The molecule has 0 aliphatic heterocycles. The van der Waals surface area contributed by atoms with E-state index in [0.717, 1.165) is 24.0 Å². The summed E-state index contributed by atoms with van der Waals surface area (Å²) in [5.74, 6) is -0.351. The van der Waals surface area contributed by atoms with Crippen molar-refractivity contribution in [2.75, 3.05) is 13.6 Å². The van der Waals surface area contributed by atoms with E-state index < -0.39 is 0 Å². The molecule has 0 saturated heterocycles. The van der Waals surface area contributed by atoms with Gasteiger partial charge in [-0.25, -0.2) is 0 Å². The van der Waals surface area contributed by atoms with Gasteiger partial charge in [0.05, 0.1) is 11.1 Å². The molecule has 25 heavy (non-hydrogen) atoms. The number of amides is 2. The number of carbonyl (C=O) groups is 2. The van der Waals surface area contributed by atoms with Gasteiger partial charge in [0.1, 0.15) is 0 Å². The van der Waals surface area contributed by atoms with Crippen LogP contribution in [0, 0.1) is 6.92 Å². The maximum absolute atomic E-state index is 12.4. The number of rotatable bonds is 7. The van der Waals surface area contributed by atoms with Crippen molar-refractivity contribution >= 4 is 11.8 Å². The Kier molecular flexibility index (Phi) is 6.69. The molecule has 2 aromatic rings. The third-order valence-electron chi connectivity index (χ3n) is 4.14. The number of unbranched alkanes of at least 4 members (excludes halogenated alkanes) is 1. The highest BCUT2D eigenvalue weighted by Gasteiger charge is 2.14. The number of nitrogens with one attached hydrogen (secondary N) is 1. The fourth-order valence-corrected chi connectivity index (χ4v) is 2.48. The van der Waals surface area contributed by atoms with Crippen LogP contribution in [0.4, 0.5) is 0 Å². The summed E-state index contributed by atoms with van der Waals surface area (Å²) in [6.07, 6.45) is 4.96. The fourth-order valence-electron chi connectivity index (χ4n) is 2.48. The van der Waals surface area contributed by atoms with Crippen LogP contribution in [0.2, 0.25) is 0 Å². The van der Waals surface area contributed by atoms with Gasteiger partial charge >= 0.3 is 0 Å². The van der Waals surface area contributed by atoms with E-state index in [1.54, 1.807) is 18.0 Å². The van der Waals surface area contributed by atoms with Crippen LogP contribution in [-0.4, -0.2) is 35.3 Å². The van der Waals surface area contributed by atoms with Crippen LogP contribution in [0.25, 0.3) is 0 Å². The second kappa shape index (κ2) is 8.97. The second-order valence-corrected chi connectivity index (χ2v) is 6.15. The third kappa shape index (κ3) is 5.14. The molecule has 0 aliphatic carbocycles. The number of pyridine rings is 1. The van der Waals surface area contributed by atoms with Crippen LogP contribution in [-0.2, 0) is 6.54 Å². The first kappa shape index (κ1) is 18.6. The van der Waals surface area contributed by atoms with Crippen molar-refractivity contribution in [3.63, 3.8) is 0 Å². The molecule has 5 nitrogen and oxygen atoms in total. The zero-order chi connectivity index (χ0) is 18.2. The summed E-state index contributed by atoms with van der Waals surface area (Å²) in [4.78, 5) is 30.5. The Bertz CT molecular complexity index is 743. The van der Waals surface area contributed by atoms with Crippen LogP contribution in [0.5, 0.6) is 0 Å². The van der Waals surface area contributed by atoms with E-state index in [1.807, 2.05) is 31.2 Å². The molecule has 1 N–H and O–H groups in total. The van der Waals surface area contributed by atoms with E-state index in [4.69, 9.17) is 0 Å². The summed E-state index contributed by atoms with van der Waals surface area (Å²) in [5.41, 5.74) is 3.02. The SMILES string of the molecule is CCCCN(C)C(=O)c1cncc(C(=O)NCc2ccccc2C)c1. The Morgan fingerprint density at radius 2 is 1.88 bits per heavy atom. The molecule has 0 saturated carbocycles. The predicted molar refractivity (Wildman–Crippen MR) is 98.5 cm³/mol. The molecular formula is C20H25N3O2. The van der Waals surface area contributed by atoms with Gasteiger partial charge in [-0.3, -0.25) is 14.6 Å². The highest BCUT2D eigenvalue weighted by molar-refractivity contribution is 5.99. The van der Waals surface area contributed by atoms with Gasteiger partial charge in [0.15, 0.2) is 0 Å². The van der Waals surface area contributed by atoms with Gasteiger partial charge in [0.2, 0.25) is 0 Å². The molecule has 5 heteroatoms. The second-order valence-electron chi connectivity index (χ2n) is 6.15. The number of benzene rings is 1. The quantitative estimate of drug-likeness (QED) is 0.842. The first-order valence-electron chi connectivity index (χ1n) is 8.56. The van der Waals surface area contributed by atoms with Crippen molar-refractivity contribution in [1.82, 2.24) is 15.2 Å². The van der Waals surface area contributed by atoms with Crippen molar-refractivity contribution in [1.29, 1.82) is 0 Å². The molecular weight excluding hydrogens is 314 g/mol. The van der Waals surface area contributed by atoms with Gasteiger partial charge in [-0.1, -0.05) is 37.6 Å². The largest absolute Gasteiger partial charge is 0.348 e. The maximum atomic E-state index is 12.4. The lowest BCUT2D eigenvalue weighted by Gasteiger charge is -2.16. The van der Waals surface area contributed by atoms with Gasteiger partial charge < -0.3 is 10.2 Å². The van der Waals surface area contributed by atoms with Gasteiger partial charge in [-0.2, -0.15) is 0 Å². The first-order valence-corrected chi connectivity index (χ1v) is 8.56. The number of hydrogen-bond donors (Lipinski definition) is 1. The lowest BCUT2D eigenvalue weighted by molar-refractivity contribution is 0.0793. The Hall–Kier alpha value is -2.69. The smallest absolute Gasteiger partial charge is 0.255 e. The lowest BCUT2D eigenvalue weighted by atomic mass is 10.1. The van der Waals surface area contributed by atoms with Crippen molar-refractivity contribution in [3.05, 3.63) is 65.0 Å². The average molecular weight is 339 g/mol. The van der Waals surface area contributed by atoms with Crippen LogP contribution >= 0.6 is 0 Å². The molecule has 1 aromatic heterocycles. The molecule has 0 radical (unpaired) electrons. The standard InChI is InChI=1S/C20H25N3O2/c1-4-5-10-23(3)20(25)18-11-17(12-21-13-18)19(24)22-14-16-9-7-6-8-15(16)2/h6-9,11-13H,4-5,10,14H2,1-3H3,(H,22,24). The van der Waals surface area contributed by atoms with Crippen LogP contribution in [0.3, 0.4) is 0 Å². The minimum atomic E-state index is -0.235. The Morgan fingerprint density at radius 1 is 1.16 bits per heavy atom. The minimum absolute atomic E-state index is 0.116. The number of nitrogens with zero attached hydrogens (tertiary/aromatic N) is 2. The minimum Gasteiger partial charge on any atom is -0.348 e. The number of carbonyl (C=O) groups excluding carboxylic acids is 2. The molecule has 0 spiro atoms. The number of aromatic nitrogens is 1. The van der Waals surface area contributed by atoms with Crippen molar-refractivity contribution < 1.29 is 9.59 Å². The summed E-state index contributed by atoms with van der Waals surface area (Å²) < 4.78 is 0. The third-order valence-corrected chi connectivity index (χ3v) is 4.14. The molecule has 2 amide bonds. The zero-order valence-corrected chi connectivity index (χ0v) is 15.1. The van der Waals surface area contributed by atoms with Crippen molar-refractivity contribution in [3.8, 4) is 0 Å². The lowest BCUT2D eigenvalue weighted by Crippen LogP contribution is -2.28. The molecule has 132 valence electrons. The van der Waals surface area contributed by atoms with E-state index in [2.05, 4.69) is 17.2 Å². The van der Waals surface area contributed by atoms with Crippen LogP contribution in [0.15, 0.2) is 42.7 Å². The molecule has 1 heterocycles. The van der Waals surface area contributed by atoms with Gasteiger partial charge in [-0.15, -0.1) is 0 Å². The highest BCUT2D eigenvalue weighted by atomic mass is 16.2. The van der Waals surface area contributed by atoms with E-state index in [1.165, 1.54) is 12.4 Å². The maximum Gasteiger partial charge on any atom is 0.255 e. The summed E-state index contributed by atoms with van der Waals surface area (Å²) in [6.45, 7) is 5.23. The van der Waals surface area contributed by atoms with E-state index in [9.17, 15) is 9.59 Å². The molecule has 0 unspecified atom stereocenters. The Labute approximate surface area is 149 Å². The molecule has 0 fully saturated rings. The van der Waals surface area contributed by atoms with Gasteiger partial charge in [-0.05, 0) is 30.5 Å². The van der Waals surface area contributed by atoms with E-state index in [-0.39, 0.29) is 11.8 Å². The summed E-state index contributed by atoms with van der Waals surface area (Å²) in [7, 11) is 1.77. The zero-order valence-electron chi connectivity index (χ0n) is 15.1. The summed E-state index contributed by atoms with van der Waals surface area (Å²) in [5, 5.41) is 2.88. The van der Waals surface area contributed by atoms with Gasteiger partial charge in [0, 0.05) is 32.5 Å². The van der Waals surface area contributed by atoms with Crippen LogP contribution in [0.1, 0.15) is 51.6 Å². The highest BCUT2D eigenvalue weighted by Crippen LogP contribution is 2.09. The van der Waals surface area contributed by atoms with E-state index >= 15 is 0 Å². The first-order chi connectivity index (χ1) is 12.0. The van der Waals surface area contributed by atoms with Crippen molar-refractivity contribution in [2.24, 2.45) is 0 Å². The number of aryl methyl sites for hydroxylation is 1. The van der Waals surface area contributed by atoms with Gasteiger partial charge in [0.25, 0.3) is 11.8 Å². The topological polar surface area (TPSA) is 62.3 Å². The molecule has 0 atom stereocenters. The molecule has 2 rings (SSSR count). The van der Waals surface area contributed by atoms with E-state index in [0.29, 0.717) is 24.2 Å². The molecule has 0 aliphatic rings. The fraction of sp³-hybridized carbons (Fsp3) is 0.350. The summed E-state index contributed by atoms with van der Waals surface area (Å²) in [6, 6.07) is 9.51. The number of hydrogen-bond acceptors (Lipinski definition) is 3. The molecule has 0 bridgehead atoms. The monoisotopic (exact) mass is 339 g/mol. The molecule has 1 aromatic carbocycles. The normalized spacial score (nSPS) is 10.4. The summed E-state index contributed by atoms with van der Waals surface area (Å²) >= 11 is 0.